The molecule has 1 amide bonds. The molecule has 1 aliphatic heterocycles. The summed E-state index contributed by atoms with van der Waals surface area (Å²) >= 11 is 0. The monoisotopic (exact) mass is 656 g/mol. The van der Waals surface area contributed by atoms with Crippen LogP contribution in [-0.4, -0.2) is 46.1 Å². The van der Waals surface area contributed by atoms with Gasteiger partial charge in [-0.2, -0.15) is 13.2 Å². The van der Waals surface area contributed by atoms with Crippen molar-refractivity contribution in [2.24, 2.45) is 11.5 Å². The molecule has 2 heterocycles. The molecule has 0 spiro atoms. The number of halogens is 5. The van der Waals surface area contributed by atoms with Crippen LogP contribution >= 0.6 is 0 Å². The van der Waals surface area contributed by atoms with Gasteiger partial charge < -0.3 is 16.4 Å². The number of aromatic nitrogens is 2. The van der Waals surface area contributed by atoms with Crippen LogP contribution in [0.5, 0.6) is 0 Å². The summed E-state index contributed by atoms with van der Waals surface area (Å²) in [5, 5.41) is 0. The highest BCUT2D eigenvalue weighted by molar-refractivity contribution is 5.93. The Kier molecular flexibility index (Phi) is 9.63. The van der Waals surface area contributed by atoms with E-state index < -0.39 is 58.7 Å². The first-order valence-electron chi connectivity index (χ1n) is 14.8. The van der Waals surface area contributed by atoms with Gasteiger partial charge in [0.1, 0.15) is 17.3 Å². The van der Waals surface area contributed by atoms with Crippen LogP contribution < -0.4 is 27.6 Å². The number of carbonyl (C=O) groups excluding carboxylic acids is 1. The van der Waals surface area contributed by atoms with Gasteiger partial charge in [-0.3, -0.25) is 23.6 Å². The molecule has 1 aliphatic rings. The number of carbonyl (C=O) groups is 1. The molecule has 47 heavy (non-hydrogen) atoms. The van der Waals surface area contributed by atoms with Gasteiger partial charge in [-0.05, 0) is 30.7 Å². The lowest BCUT2D eigenvalue weighted by Gasteiger charge is -2.37. The van der Waals surface area contributed by atoms with Crippen molar-refractivity contribution in [1.29, 1.82) is 0 Å². The van der Waals surface area contributed by atoms with Gasteiger partial charge in [-0.15, -0.1) is 0 Å². The van der Waals surface area contributed by atoms with E-state index in [1.165, 1.54) is 19.1 Å². The molecule has 9 nitrogen and oxygen atoms in total. The van der Waals surface area contributed by atoms with Gasteiger partial charge in [-0.25, -0.2) is 13.6 Å². The van der Waals surface area contributed by atoms with Crippen LogP contribution in [0, 0.1) is 18.6 Å². The van der Waals surface area contributed by atoms with Crippen molar-refractivity contribution in [3.8, 4) is 0 Å². The Hall–Kier alpha value is -4.82. The average Bonchev–Trinajstić information content (AvgIpc) is 3.03. The smallest absolute Gasteiger partial charge is 0.366 e. The predicted octanol–water partition coefficient (Wildman–Crippen LogP) is 3.78. The number of benzene rings is 3. The van der Waals surface area contributed by atoms with E-state index in [0.29, 0.717) is 18.7 Å². The van der Waals surface area contributed by atoms with Crippen molar-refractivity contribution < 1.29 is 26.7 Å². The maximum Gasteiger partial charge on any atom is 0.416 e. The molecule has 4 aromatic rings. The molecular weight excluding hydrogens is 623 g/mol. The van der Waals surface area contributed by atoms with E-state index in [1.54, 1.807) is 41.3 Å². The number of hydrogen-bond donors (Lipinski definition) is 2. The zero-order valence-corrected chi connectivity index (χ0v) is 25.4. The van der Waals surface area contributed by atoms with Gasteiger partial charge in [0.25, 0.3) is 11.5 Å². The van der Waals surface area contributed by atoms with Crippen molar-refractivity contribution in [1.82, 2.24) is 14.0 Å². The lowest BCUT2D eigenvalue weighted by molar-refractivity contribution is -0.138. The summed E-state index contributed by atoms with van der Waals surface area (Å²) < 4.78 is 73.4. The minimum Gasteiger partial charge on any atom is -0.366 e. The summed E-state index contributed by atoms with van der Waals surface area (Å²) in [5.74, 6) is -2.75. The minimum atomic E-state index is -4.89. The molecule has 248 valence electrons. The molecule has 0 saturated carbocycles. The fourth-order valence-electron chi connectivity index (χ4n) is 5.91. The minimum absolute atomic E-state index is 0.0644. The van der Waals surface area contributed by atoms with Gasteiger partial charge in [-0.1, -0.05) is 48.5 Å². The van der Waals surface area contributed by atoms with Gasteiger partial charge >= 0.3 is 11.9 Å². The zero-order valence-electron chi connectivity index (χ0n) is 25.4. The molecule has 1 unspecified atom stereocenters. The Balaban J connectivity index is 1.52. The van der Waals surface area contributed by atoms with Crippen LogP contribution in [-0.2, 0) is 25.8 Å². The molecule has 0 bridgehead atoms. The standard InChI is InChI=1S/C33H33F5N6O3/c1-20-29(42-15-13-41(14-16-42)17-22-9-5-10-23(28(22)35)30(40)45)31(46)44(19-27(39)21-7-3-2-4-8-21)32(47)43(20)18-24-25(33(36,37)38)11-6-12-26(24)34/h2-12,27H,13-19,39H2,1H3,(H2,40,45). The summed E-state index contributed by atoms with van der Waals surface area (Å²) in [7, 11) is 0. The molecule has 14 heteroatoms. The number of nitrogens with two attached hydrogens (primary N) is 2. The van der Waals surface area contributed by atoms with Crippen molar-refractivity contribution >= 4 is 11.6 Å². The van der Waals surface area contributed by atoms with Crippen molar-refractivity contribution in [3.63, 3.8) is 0 Å². The first kappa shape index (κ1) is 33.5. The van der Waals surface area contributed by atoms with Gasteiger partial charge in [0, 0.05) is 55.6 Å². The highest BCUT2D eigenvalue weighted by Crippen LogP contribution is 2.33. The highest BCUT2D eigenvalue weighted by Gasteiger charge is 2.35. The normalized spacial score (nSPS) is 14.7. The zero-order chi connectivity index (χ0) is 34.0. The molecule has 0 radical (unpaired) electrons. The third-order valence-corrected chi connectivity index (χ3v) is 8.43. The molecule has 0 aliphatic carbocycles. The largest absolute Gasteiger partial charge is 0.416 e. The van der Waals surface area contributed by atoms with Gasteiger partial charge in [0.15, 0.2) is 0 Å². The Morgan fingerprint density at radius 1 is 0.872 bits per heavy atom. The summed E-state index contributed by atoms with van der Waals surface area (Å²) in [5.41, 5.74) is 8.86. The number of rotatable bonds is 9. The molecule has 3 aromatic carbocycles. The van der Waals surface area contributed by atoms with E-state index >= 15 is 0 Å². The number of alkyl halides is 3. The second-order valence-corrected chi connectivity index (χ2v) is 11.4. The predicted molar refractivity (Wildman–Crippen MR) is 166 cm³/mol. The van der Waals surface area contributed by atoms with Crippen LogP contribution in [0.1, 0.15) is 44.3 Å². The maximum absolute atomic E-state index is 14.9. The molecule has 1 saturated heterocycles. The van der Waals surface area contributed by atoms with E-state index in [1.807, 2.05) is 4.90 Å². The van der Waals surface area contributed by atoms with Gasteiger partial charge in [0.05, 0.1) is 24.2 Å². The van der Waals surface area contributed by atoms with Crippen molar-refractivity contribution in [2.45, 2.75) is 38.8 Å². The topological polar surface area (TPSA) is 120 Å². The van der Waals surface area contributed by atoms with E-state index in [9.17, 15) is 36.3 Å². The Morgan fingerprint density at radius 2 is 1.53 bits per heavy atom. The first-order valence-corrected chi connectivity index (χ1v) is 14.8. The summed E-state index contributed by atoms with van der Waals surface area (Å²) in [6.45, 7) is 1.69. The van der Waals surface area contributed by atoms with E-state index in [2.05, 4.69) is 0 Å². The summed E-state index contributed by atoms with van der Waals surface area (Å²) in [6, 6.07) is 14.8. The van der Waals surface area contributed by atoms with Crippen LogP contribution in [0.15, 0.2) is 76.3 Å². The SMILES string of the molecule is Cc1c(N2CCN(Cc3cccc(C(N)=O)c3F)CC2)c(=O)n(CC(N)c2ccccc2)c(=O)n1Cc1c(F)cccc1C(F)(F)F. The van der Waals surface area contributed by atoms with Crippen LogP contribution in [0.2, 0.25) is 0 Å². The second-order valence-electron chi connectivity index (χ2n) is 11.4. The highest BCUT2D eigenvalue weighted by atomic mass is 19.4. The Morgan fingerprint density at radius 3 is 2.17 bits per heavy atom. The number of anilines is 1. The first-order chi connectivity index (χ1) is 22.3. The van der Waals surface area contributed by atoms with Crippen LogP contribution in [0.25, 0.3) is 0 Å². The Bertz CT molecular complexity index is 1900. The molecule has 1 fully saturated rings. The number of nitrogens with zero attached hydrogens (tertiary/aromatic N) is 4. The number of primary amides is 1. The third kappa shape index (κ3) is 6.98. The lowest BCUT2D eigenvalue weighted by Crippen LogP contribution is -2.51. The van der Waals surface area contributed by atoms with E-state index in [0.717, 1.165) is 27.3 Å². The molecular formula is C33H33F5N6O3. The molecule has 1 atom stereocenters. The second kappa shape index (κ2) is 13.5. The van der Waals surface area contributed by atoms with Crippen molar-refractivity contribution in [3.05, 3.63) is 133 Å². The molecule has 1 aromatic heterocycles. The Labute approximate surface area is 266 Å². The fourth-order valence-corrected chi connectivity index (χ4v) is 5.91. The summed E-state index contributed by atoms with van der Waals surface area (Å²) in [6.07, 6.45) is -4.89. The number of hydrogen-bond acceptors (Lipinski definition) is 6. The van der Waals surface area contributed by atoms with Crippen LogP contribution in [0.3, 0.4) is 0 Å². The molecule has 5 rings (SSSR count). The average molecular weight is 657 g/mol. The van der Waals surface area contributed by atoms with Crippen molar-refractivity contribution in [2.75, 3.05) is 31.1 Å². The fraction of sp³-hybridized carbons (Fsp3) is 0.303. The number of amides is 1. The van der Waals surface area contributed by atoms with Gasteiger partial charge in [0.2, 0.25) is 0 Å². The third-order valence-electron chi connectivity index (χ3n) is 8.43. The quantitative estimate of drug-likeness (QED) is 0.265. The number of piperazine rings is 1. The molecule has 4 N–H and O–H groups in total. The van der Waals surface area contributed by atoms with Crippen LogP contribution in [0.4, 0.5) is 27.6 Å². The summed E-state index contributed by atoms with van der Waals surface area (Å²) in [4.78, 5) is 43.0. The van der Waals surface area contributed by atoms with E-state index in [-0.39, 0.29) is 48.7 Å². The lowest BCUT2D eigenvalue weighted by atomic mass is 10.1. The van der Waals surface area contributed by atoms with E-state index in [4.69, 9.17) is 11.5 Å². The maximum atomic E-state index is 14.9.